The Morgan fingerprint density at radius 3 is 2.56 bits per heavy atom. The maximum Gasteiger partial charge on any atom is 0.317 e. The summed E-state index contributed by atoms with van der Waals surface area (Å²) in [7, 11) is 1.57. The van der Waals surface area contributed by atoms with Crippen LogP contribution in [0.2, 0.25) is 5.02 Å². The molecule has 0 spiro atoms. The van der Waals surface area contributed by atoms with Gasteiger partial charge in [-0.2, -0.15) is 5.10 Å². The molecule has 1 aliphatic rings. The van der Waals surface area contributed by atoms with Gasteiger partial charge >= 0.3 is 6.03 Å². The summed E-state index contributed by atoms with van der Waals surface area (Å²) in [6.45, 7) is 7.22. The van der Waals surface area contributed by atoms with Crippen LogP contribution in [0.25, 0.3) is 0 Å². The van der Waals surface area contributed by atoms with Crippen molar-refractivity contribution < 1.29 is 14.3 Å². The third-order valence-electron chi connectivity index (χ3n) is 5.97. The molecule has 0 saturated heterocycles. The van der Waals surface area contributed by atoms with Crippen molar-refractivity contribution in [3.63, 3.8) is 0 Å². The summed E-state index contributed by atoms with van der Waals surface area (Å²) in [5.41, 5.74) is 5.16. The molecular weight excluding hydrogens is 452 g/mol. The van der Waals surface area contributed by atoms with Gasteiger partial charge in [0, 0.05) is 31.6 Å². The number of aryl methyl sites for hydroxylation is 2. The monoisotopic (exact) mass is 484 g/mol. The van der Waals surface area contributed by atoms with E-state index in [-0.39, 0.29) is 24.5 Å². The predicted molar refractivity (Wildman–Crippen MR) is 135 cm³/mol. The fraction of sp³-hybridized carbons (Fsp3) is 0.423. The van der Waals surface area contributed by atoms with E-state index in [0.29, 0.717) is 31.1 Å². The molecule has 0 aliphatic carbocycles. The third-order valence-corrected chi connectivity index (χ3v) is 6.22. The molecule has 0 bridgehead atoms. The lowest BCUT2D eigenvalue weighted by Crippen LogP contribution is -2.47. The minimum atomic E-state index is -0.284. The fourth-order valence-corrected chi connectivity index (χ4v) is 3.94. The Kier molecular flexibility index (Phi) is 9.07. The number of ether oxygens (including phenoxy) is 1. The lowest BCUT2D eigenvalue weighted by atomic mass is 9.96. The number of rotatable bonds is 9. The number of urea groups is 1. The van der Waals surface area contributed by atoms with Crippen LogP contribution < -0.4 is 5.32 Å². The Morgan fingerprint density at radius 2 is 1.91 bits per heavy atom. The molecule has 0 radical (unpaired) electrons. The molecule has 0 fully saturated rings. The van der Waals surface area contributed by atoms with Crippen molar-refractivity contribution in [2.75, 3.05) is 33.4 Å². The van der Waals surface area contributed by atoms with Gasteiger partial charge in [0.1, 0.15) is 6.54 Å². The van der Waals surface area contributed by atoms with Crippen molar-refractivity contribution >= 4 is 29.3 Å². The SMILES string of the molecule is CCCNC(=O)N(CCOC)CC(=O)N1N=C(c2ccc(C)c(C)c2)CC1c1ccc(Cl)cc1. The van der Waals surface area contributed by atoms with Crippen molar-refractivity contribution in [3.8, 4) is 0 Å². The molecule has 1 unspecified atom stereocenters. The largest absolute Gasteiger partial charge is 0.383 e. The van der Waals surface area contributed by atoms with Gasteiger partial charge in [-0.25, -0.2) is 9.80 Å². The second-order valence-corrected chi connectivity index (χ2v) is 8.94. The summed E-state index contributed by atoms with van der Waals surface area (Å²) in [4.78, 5) is 27.6. The zero-order valence-corrected chi connectivity index (χ0v) is 21.1. The summed E-state index contributed by atoms with van der Waals surface area (Å²) in [5, 5.41) is 9.73. The second-order valence-electron chi connectivity index (χ2n) is 8.50. The normalized spacial score (nSPS) is 15.3. The molecule has 34 heavy (non-hydrogen) atoms. The van der Waals surface area contributed by atoms with E-state index in [4.69, 9.17) is 21.4 Å². The van der Waals surface area contributed by atoms with E-state index < -0.39 is 0 Å². The highest BCUT2D eigenvalue weighted by Gasteiger charge is 2.34. The number of hydrogen-bond acceptors (Lipinski definition) is 4. The summed E-state index contributed by atoms with van der Waals surface area (Å²) in [5.74, 6) is -0.249. The smallest absolute Gasteiger partial charge is 0.317 e. The molecule has 0 aromatic heterocycles. The minimum Gasteiger partial charge on any atom is -0.383 e. The Morgan fingerprint density at radius 1 is 1.18 bits per heavy atom. The molecule has 7 nitrogen and oxygen atoms in total. The molecule has 1 N–H and O–H groups in total. The predicted octanol–water partition coefficient (Wildman–Crippen LogP) is 4.70. The van der Waals surface area contributed by atoms with Gasteiger partial charge in [0.05, 0.1) is 18.4 Å². The number of hydrazone groups is 1. The van der Waals surface area contributed by atoms with Gasteiger partial charge in [-0.05, 0) is 60.7 Å². The number of hydrogen-bond donors (Lipinski definition) is 1. The molecule has 3 rings (SSSR count). The highest BCUT2D eigenvalue weighted by molar-refractivity contribution is 6.30. The molecule has 3 amide bonds. The van der Waals surface area contributed by atoms with Gasteiger partial charge in [0.25, 0.3) is 5.91 Å². The second kappa shape index (κ2) is 12.0. The topological polar surface area (TPSA) is 74.2 Å². The van der Waals surface area contributed by atoms with E-state index in [0.717, 1.165) is 23.3 Å². The van der Waals surface area contributed by atoms with Crippen LogP contribution in [0.3, 0.4) is 0 Å². The van der Waals surface area contributed by atoms with Crippen LogP contribution in [0.1, 0.15) is 48.1 Å². The standard InChI is InChI=1S/C26H33ClN4O3/c1-5-12-28-26(33)30(13-14-34-4)17-25(32)31-24(20-8-10-22(27)11-9-20)16-23(29-31)21-7-6-18(2)19(3)15-21/h6-11,15,24H,5,12-14,16-17H2,1-4H3,(H,28,33). The Bertz CT molecular complexity index is 1040. The number of halogens is 1. The number of benzene rings is 2. The lowest BCUT2D eigenvalue weighted by Gasteiger charge is -2.27. The molecule has 1 atom stereocenters. The molecule has 182 valence electrons. The van der Waals surface area contributed by atoms with E-state index in [1.54, 1.807) is 7.11 Å². The van der Waals surface area contributed by atoms with Crippen molar-refractivity contribution in [1.29, 1.82) is 0 Å². The van der Waals surface area contributed by atoms with Gasteiger partial charge in [-0.1, -0.05) is 42.8 Å². The Labute approximate surface area is 206 Å². The molecule has 2 aromatic carbocycles. The zero-order valence-electron chi connectivity index (χ0n) is 20.3. The van der Waals surface area contributed by atoms with Crippen LogP contribution in [-0.4, -0.2) is 60.9 Å². The number of nitrogens with zero attached hydrogens (tertiary/aromatic N) is 3. The van der Waals surface area contributed by atoms with Gasteiger partial charge in [0.2, 0.25) is 0 Å². The highest BCUT2D eigenvalue weighted by Crippen LogP contribution is 2.33. The summed E-state index contributed by atoms with van der Waals surface area (Å²) in [6, 6.07) is 13.1. The van der Waals surface area contributed by atoms with Gasteiger partial charge in [-0.15, -0.1) is 0 Å². The van der Waals surface area contributed by atoms with Gasteiger partial charge in [-0.3, -0.25) is 4.79 Å². The van der Waals surface area contributed by atoms with Crippen molar-refractivity contribution in [1.82, 2.24) is 15.2 Å². The van der Waals surface area contributed by atoms with Crippen LogP contribution in [0.5, 0.6) is 0 Å². The summed E-state index contributed by atoms with van der Waals surface area (Å²) >= 11 is 6.10. The van der Waals surface area contributed by atoms with E-state index in [1.807, 2.05) is 37.3 Å². The van der Waals surface area contributed by atoms with Crippen molar-refractivity contribution in [3.05, 3.63) is 69.7 Å². The third kappa shape index (κ3) is 6.36. The molecular formula is C26H33ClN4O3. The summed E-state index contributed by atoms with van der Waals surface area (Å²) < 4.78 is 5.14. The van der Waals surface area contributed by atoms with Crippen LogP contribution >= 0.6 is 11.6 Å². The van der Waals surface area contributed by atoms with E-state index in [1.165, 1.54) is 21.0 Å². The molecule has 1 heterocycles. The van der Waals surface area contributed by atoms with E-state index >= 15 is 0 Å². The maximum absolute atomic E-state index is 13.5. The number of nitrogens with one attached hydrogen (secondary N) is 1. The van der Waals surface area contributed by atoms with Crippen molar-refractivity contribution in [2.24, 2.45) is 5.10 Å². The lowest BCUT2D eigenvalue weighted by molar-refractivity contribution is -0.133. The molecule has 2 aromatic rings. The van der Waals surface area contributed by atoms with Gasteiger partial charge in [0.15, 0.2) is 0 Å². The van der Waals surface area contributed by atoms with E-state index in [9.17, 15) is 9.59 Å². The first kappa shape index (κ1) is 25.7. The first-order chi connectivity index (χ1) is 16.3. The average molecular weight is 485 g/mol. The van der Waals surface area contributed by atoms with Gasteiger partial charge < -0.3 is 15.0 Å². The highest BCUT2D eigenvalue weighted by atomic mass is 35.5. The van der Waals surface area contributed by atoms with E-state index in [2.05, 4.69) is 31.3 Å². The van der Waals surface area contributed by atoms with Crippen LogP contribution in [-0.2, 0) is 9.53 Å². The average Bonchev–Trinajstić information content (AvgIpc) is 3.28. The Hall–Kier alpha value is -2.90. The van der Waals surface area contributed by atoms with Crippen LogP contribution in [0.15, 0.2) is 47.6 Å². The van der Waals surface area contributed by atoms with Crippen LogP contribution in [0.4, 0.5) is 4.79 Å². The van der Waals surface area contributed by atoms with Crippen molar-refractivity contribution in [2.45, 2.75) is 39.7 Å². The molecule has 1 aliphatic heterocycles. The fourth-order valence-electron chi connectivity index (χ4n) is 3.81. The molecule has 0 saturated carbocycles. The first-order valence-corrected chi connectivity index (χ1v) is 12.0. The number of carbonyl (C=O) groups is 2. The Balaban J connectivity index is 1.89. The first-order valence-electron chi connectivity index (χ1n) is 11.6. The zero-order chi connectivity index (χ0) is 24.7. The minimum absolute atomic E-state index is 0.0906. The summed E-state index contributed by atoms with van der Waals surface area (Å²) in [6.07, 6.45) is 1.39. The van der Waals surface area contributed by atoms with Crippen LogP contribution in [0, 0.1) is 13.8 Å². The maximum atomic E-state index is 13.5. The quantitative estimate of drug-likeness (QED) is 0.560. The number of carbonyl (C=O) groups excluding carboxylic acids is 2. The molecule has 8 heteroatoms. The number of methoxy groups -OCH3 is 1. The number of amides is 3.